The van der Waals surface area contributed by atoms with Crippen LogP contribution >= 0.6 is 0 Å². The molecular weight excluding hydrogens is 257 g/mol. The largest absolute Gasteiger partial charge is 0.494 e. The van der Waals surface area contributed by atoms with Gasteiger partial charge in [-0.05, 0) is 37.0 Å². The van der Waals surface area contributed by atoms with Gasteiger partial charge in [0.05, 0.1) is 13.7 Å². The van der Waals surface area contributed by atoms with Gasteiger partial charge in [0.15, 0.2) is 17.5 Å². The van der Waals surface area contributed by atoms with Crippen molar-refractivity contribution in [2.75, 3.05) is 13.7 Å². The number of hydrogen-bond donors (Lipinski definition) is 2. The topological polar surface area (TPSA) is 45.7 Å². The molecule has 0 aromatic heterocycles. The molecule has 0 aliphatic heterocycles. The molecule has 5 heteroatoms. The molecule has 1 fully saturated rings. The Morgan fingerprint density at radius 1 is 1.50 bits per heavy atom. The lowest BCUT2D eigenvalue weighted by atomic mass is 10.2. The van der Waals surface area contributed by atoms with Gasteiger partial charge in [-0.25, -0.2) is 9.38 Å². The number of ether oxygens (including phenoxy) is 1. The average Bonchev–Trinajstić information content (AvgIpc) is 3.12. The Hall–Kier alpha value is -1.78. The number of halogens is 1. The highest BCUT2D eigenvalue weighted by Gasteiger charge is 2.33. The number of aliphatic imine (C=N–C) groups is 1. The SMILES string of the molecule is CCNC(=NCc1ccc(OC)c(F)c1)NC1CC1C. The van der Waals surface area contributed by atoms with E-state index in [2.05, 4.69) is 22.5 Å². The number of methoxy groups -OCH3 is 1. The average molecular weight is 279 g/mol. The van der Waals surface area contributed by atoms with Crippen molar-refractivity contribution in [2.24, 2.45) is 10.9 Å². The molecule has 0 radical (unpaired) electrons. The Bertz CT molecular complexity index is 490. The van der Waals surface area contributed by atoms with Crippen molar-refractivity contribution in [3.05, 3.63) is 29.6 Å². The summed E-state index contributed by atoms with van der Waals surface area (Å²) in [6, 6.07) is 5.43. The molecule has 0 bridgehead atoms. The maximum absolute atomic E-state index is 13.6. The highest BCUT2D eigenvalue weighted by atomic mass is 19.1. The van der Waals surface area contributed by atoms with E-state index in [1.165, 1.54) is 19.6 Å². The van der Waals surface area contributed by atoms with Gasteiger partial charge in [0.25, 0.3) is 0 Å². The fourth-order valence-corrected chi connectivity index (χ4v) is 2.00. The van der Waals surface area contributed by atoms with Crippen molar-refractivity contribution < 1.29 is 9.13 Å². The second-order valence-corrected chi connectivity index (χ2v) is 5.13. The van der Waals surface area contributed by atoms with Gasteiger partial charge < -0.3 is 15.4 Å². The monoisotopic (exact) mass is 279 g/mol. The Kier molecular flexibility index (Phi) is 4.82. The summed E-state index contributed by atoms with van der Waals surface area (Å²) < 4.78 is 18.5. The summed E-state index contributed by atoms with van der Waals surface area (Å²) in [5.41, 5.74) is 0.823. The first-order valence-electron chi connectivity index (χ1n) is 7.01. The molecule has 1 aliphatic rings. The van der Waals surface area contributed by atoms with Gasteiger partial charge in [-0.15, -0.1) is 0 Å². The lowest BCUT2D eigenvalue weighted by molar-refractivity contribution is 0.386. The normalized spacial score (nSPS) is 21.5. The summed E-state index contributed by atoms with van der Waals surface area (Å²) in [4.78, 5) is 4.48. The van der Waals surface area contributed by atoms with Crippen molar-refractivity contribution in [1.82, 2.24) is 10.6 Å². The molecule has 0 spiro atoms. The number of hydrogen-bond acceptors (Lipinski definition) is 2. The highest BCUT2D eigenvalue weighted by molar-refractivity contribution is 5.80. The zero-order valence-corrected chi connectivity index (χ0v) is 12.2. The molecule has 0 amide bonds. The molecule has 0 heterocycles. The van der Waals surface area contributed by atoms with Crippen LogP contribution in [0.4, 0.5) is 4.39 Å². The van der Waals surface area contributed by atoms with Crippen molar-refractivity contribution in [2.45, 2.75) is 32.9 Å². The second kappa shape index (κ2) is 6.59. The summed E-state index contributed by atoms with van der Waals surface area (Å²) in [5, 5.41) is 6.57. The van der Waals surface area contributed by atoms with Crippen LogP contribution in [0.3, 0.4) is 0 Å². The molecule has 1 saturated carbocycles. The molecule has 0 saturated heterocycles. The number of nitrogens with one attached hydrogen (secondary N) is 2. The summed E-state index contributed by atoms with van der Waals surface area (Å²) >= 11 is 0. The smallest absolute Gasteiger partial charge is 0.191 e. The maximum atomic E-state index is 13.6. The molecule has 110 valence electrons. The zero-order valence-electron chi connectivity index (χ0n) is 12.2. The van der Waals surface area contributed by atoms with Crippen LogP contribution in [0.1, 0.15) is 25.8 Å². The fraction of sp³-hybridized carbons (Fsp3) is 0.533. The molecule has 1 aliphatic carbocycles. The molecule has 2 atom stereocenters. The van der Waals surface area contributed by atoms with Crippen molar-refractivity contribution in [3.8, 4) is 5.75 Å². The van der Waals surface area contributed by atoms with Crippen molar-refractivity contribution in [1.29, 1.82) is 0 Å². The Morgan fingerprint density at radius 2 is 2.25 bits per heavy atom. The van der Waals surface area contributed by atoms with Crippen LogP contribution in [0, 0.1) is 11.7 Å². The van der Waals surface area contributed by atoms with Gasteiger partial charge in [0.1, 0.15) is 0 Å². The minimum atomic E-state index is -0.353. The van der Waals surface area contributed by atoms with E-state index in [1.807, 2.05) is 13.0 Å². The molecule has 2 unspecified atom stereocenters. The Morgan fingerprint density at radius 3 is 2.80 bits per heavy atom. The van der Waals surface area contributed by atoms with E-state index < -0.39 is 0 Å². The summed E-state index contributed by atoms with van der Waals surface area (Å²) in [7, 11) is 1.46. The number of benzene rings is 1. The maximum Gasteiger partial charge on any atom is 0.191 e. The van der Waals surface area contributed by atoms with Crippen LogP contribution in [0.5, 0.6) is 5.75 Å². The lowest BCUT2D eigenvalue weighted by Crippen LogP contribution is -2.39. The van der Waals surface area contributed by atoms with Gasteiger partial charge in [-0.3, -0.25) is 0 Å². The fourth-order valence-electron chi connectivity index (χ4n) is 2.00. The predicted molar refractivity (Wildman–Crippen MR) is 78.5 cm³/mol. The van der Waals surface area contributed by atoms with Crippen LogP contribution in [0.15, 0.2) is 23.2 Å². The quantitative estimate of drug-likeness (QED) is 0.642. The number of rotatable bonds is 5. The second-order valence-electron chi connectivity index (χ2n) is 5.13. The molecule has 1 aromatic rings. The first kappa shape index (κ1) is 14.6. The van der Waals surface area contributed by atoms with E-state index in [0.29, 0.717) is 18.5 Å². The van der Waals surface area contributed by atoms with Crippen LogP contribution in [0.2, 0.25) is 0 Å². The minimum absolute atomic E-state index is 0.259. The third kappa shape index (κ3) is 3.85. The summed E-state index contributed by atoms with van der Waals surface area (Å²) in [6.07, 6.45) is 1.18. The van der Waals surface area contributed by atoms with E-state index in [9.17, 15) is 4.39 Å². The van der Waals surface area contributed by atoms with E-state index in [1.54, 1.807) is 6.07 Å². The molecule has 4 nitrogen and oxygen atoms in total. The van der Waals surface area contributed by atoms with Crippen LogP contribution < -0.4 is 15.4 Å². The standard InChI is InChI=1S/C15H22FN3O/c1-4-17-15(19-13-7-10(13)2)18-9-11-5-6-14(20-3)12(16)8-11/h5-6,8,10,13H,4,7,9H2,1-3H3,(H2,17,18,19). The first-order valence-corrected chi connectivity index (χ1v) is 7.01. The molecule has 20 heavy (non-hydrogen) atoms. The Balaban J connectivity index is 1.98. The van der Waals surface area contributed by atoms with E-state index in [4.69, 9.17) is 4.74 Å². The van der Waals surface area contributed by atoms with Crippen molar-refractivity contribution >= 4 is 5.96 Å². The van der Waals surface area contributed by atoms with Gasteiger partial charge in [-0.2, -0.15) is 0 Å². The third-order valence-corrected chi connectivity index (χ3v) is 3.41. The zero-order chi connectivity index (χ0) is 14.5. The molecule has 2 rings (SSSR count). The van der Waals surface area contributed by atoms with Crippen LogP contribution in [0.25, 0.3) is 0 Å². The summed E-state index contributed by atoms with van der Waals surface area (Å²) in [5.74, 6) is 1.40. The minimum Gasteiger partial charge on any atom is -0.494 e. The highest BCUT2D eigenvalue weighted by Crippen LogP contribution is 2.28. The van der Waals surface area contributed by atoms with Gasteiger partial charge in [0.2, 0.25) is 0 Å². The van der Waals surface area contributed by atoms with Gasteiger partial charge in [-0.1, -0.05) is 13.0 Å². The molecule has 1 aromatic carbocycles. The molecule has 2 N–H and O–H groups in total. The van der Waals surface area contributed by atoms with E-state index in [-0.39, 0.29) is 11.6 Å². The van der Waals surface area contributed by atoms with E-state index in [0.717, 1.165) is 18.1 Å². The van der Waals surface area contributed by atoms with E-state index >= 15 is 0 Å². The van der Waals surface area contributed by atoms with Crippen molar-refractivity contribution in [3.63, 3.8) is 0 Å². The first-order chi connectivity index (χ1) is 9.63. The van der Waals surface area contributed by atoms with Crippen LogP contribution in [-0.4, -0.2) is 25.7 Å². The van der Waals surface area contributed by atoms with Crippen LogP contribution in [-0.2, 0) is 6.54 Å². The van der Waals surface area contributed by atoms with Gasteiger partial charge in [0, 0.05) is 12.6 Å². The predicted octanol–water partition coefficient (Wildman–Crippen LogP) is 2.30. The lowest BCUT2D eigenvalue weighted by Gasteiger charge is -2.11. The number of nitrogens with zero attached hydrogens (tertiary/aromatic N) is 1. The molecular formula is C15H22FN3O. The number of guanidine groups is 1. The Labute approximate surface area is 119 Å². The van der Waals surface area contributed by atoms with Gasteiger partial charge >= 0.3 is 0 Å². The summed E-state index contributed by atoms with van der Waals surface area (Å²) in [6.45, 7) is 5.49. The third-order valence-electron chi connectivity index (χ3n) is 3.41.